The summed E-state index contributed by atoms with van der Waals surface area (Å²) < 4.78 is 54.1. The molecule has 0 spiro atoms. The fraction of sp³-hybridized carbons (Fsp3) is 0.238. The number of nitrogens with one attached hydrogen (secondary N) is 1. The van der Waals surface area contributed by atoms with Gasteiger partial charge < -0.3 is 20.2 Å². The summed E-state index contributed by atoms with van der Waals surface area (Å²) >= 11 is 3.37. The molecular formula is C21H18BrClF3N3O3. The van der Waals surface area contributed by atoms with Crippen LogP contribution in [0.2, 0.25) is 0 Å². The number of anilines is 1. The molecule has 0 bridgehead atoms. The summed E-state index contributed by atoms with van der Waals surface area (Å²) in [4.78, 5) is 16.6. The van der Waals surface area contributed by atoms with E-state index in [-0.39, 0.29) is 36.3 Å². The van der Waals surface area contributed by atoms with Gasteiger partial charge in [0.05, 0.1) is 6.61 Å². The molecule has 2 aromatic carbocycles. The fourth-order valence-electron chi connectivity index (χ4n) is 3.53. The number of furan rings is 1. The molecule has 11 heteroatoms. The summed E-state index contributed by atoms with van der Waals surface area (Å²) in [5.74, 6) is -1.61. The maximum Gasteiger partial charge on any atom is 0.291 e. The first-order chi connectivity index (χ1) is 14.7. The third-order valence-corrected chi connectivity index (χ3v) is 5.56. The molecule has 1 aliphatic heterocycles. The van der Waals surface area contributed by atoms with Gasteiger partial charge in [0.1, 0.15) is 23.8 Å². The average Bonchev–Trinajstić information content (AvgIpc) is 3.05. The molecule has 1 aliphatic rings. The Hall–Kier alpha value is -2.56. The zero-order valence-corrected chi connectivity index (χ0v) is 19.0. The third-order valence-electron chi connectivity index (χ3n) is 5.07. The summed E-state index contributed by atoms with van der Waals surface area (Å²) in [7, 11) is 0. The molecule has 0 unspecified atom stereocenters. The van der Waals surface area contributed by atoms with E-state index in [0.717, 1.165) is 22.0 Å². The van der Waals surface area contributed by atoms with E-state index < -0.39 is 35.9 Å². The van der Waals surface area contributed by atoms with Crippen molar-refractivity contribution < 1.29 is 27.1 Å². The number of nitrogens with zero attached hydrogens (tertiary/aromatic N) is 1. The molecule has 3 aromatic rings. The maximum atomic E-state index is 14.6. The van der Waals surface area contributed by atoms with Gasteiger partial charge in [-0.2, -0.15) is 0 Å². The molecule has 0 saturated heterocycles. The van der Waals surface area contributed by atoms with Crippen molar-refractivity contribution in [2.45, 2.75) is 18.9 Å². The Morgan fingerprint density at radius 3 is 2.72 bits per heavy atom. The van der Waals surface area contributed by atoms with Crippen molar-refractivity contribution in [1.29, 1.82) is 0 Å². The molecule has 0 fully saturated rings. The summed E-state index contributed by atoms with van der Waals surface area (Å²) in [6.07, 6.45) is -3.08. The summed E-state index contributed by atoms with van der Waals surface area (Å²) in [5, 5.41) is 3.32. The maximum absolute atomic E-state index is 14.6. The van der Waals surface area contributed by atoms with Crippen LogP contribution in [0.15, 0.2) is 50.3 Å². The van der Waals surface area contributed by atoms with Crippen LogP contribution in [-0.4, -0.2) is 31.4 Å². The Morgan fingerprint density at radius 1 is 1.28 bits per heavy atom. The highest BCUT2D eigenvalue weighted by molar-refractivity contribution is 9.10. The molecule has 6 nitrogen and oxygen atoms in total. The Kier molecular flexibility index (Phi) is 6.87. The van der Waals surface area contributed by atoms with Gasteiger partial charge in [0.15, 0.2) is 11.3 Å². The first-order valence-corrected chi connectivity index (χ1v) is 10.0. The Labute approximate surface area is 195 Å². The fourth-order valence-corrected chi connectivity index (χ4v) is 3.89. The highest BCUT2D eigenvalue weighted by Gasteiger charge is 2.46. The lowest BCUT2D eigenvalue weighted by Crippen LogP contribution is -2.45. The van der Waals surface area contributed by atoms with Gasteiger partial charge in [-0.1, -0.05) is 15.9 Å². The highest BCUT2D eigenvalue weighted by atomic mass is 79.9. The zero-order chi connectivity index (χ0) is 22.3. The molecule has 170 valence electrons. The number of ether oxygens (including phenoxy) is 1. The van der Waals surface area contributed by atoms with E-state index >= 15 is 0 Å². The summed E-state index contributed by atoms with van der Waals surface area (Å²) in [6.45, 7) is 1.07. The van der Waals surface area contributed by atoms with Crippen molar-refractivity contribution in [3.8, 4) is 0 Å². The van der Waals surface area contributed by atoms with Crippen molar-refractivity contribution >= 4 is 56.7 Å². The molecule has 0 radical (unpaired) electrons. The van der Waals surface area contributed by atoms with E-state index in [1.54, 1.807) is 19.1 Å². The van der Waals surface area contributed by atoms with E-state index in [9.17, 15) is 18.0 Å². The van der Waals surface area contributed by atoms with E-state index in [2.05, 4.69) is 26.2 Å². The van der Waals surface area contributed by atoms with Gasteiger partial charge in [0.2, 0.25) is 0 Å². The molecule has 0 saturated carbocycles. The van der Waals surface area contributed by atoms with E-state index in [0.29, 0.717) is 11.1 Å². The number of aryl methyl sites for hydroxylation is 1. The molecule has 4 rings (SSSR count). The van der Waals surface area contributed by atoms with Crippen LogP contribution in [0.4, 0.5) is 18.9 Å². The highest BCUT2D eigenvalue weighted by Crippen LogP contribution is 2.38. The number of alkyl halides is 2. The lowest BCUT2D eigenvalue weighted by molar-refractivity contribution is -0.0145. The molecule has 32 heavy (non-hydrogen) atoms. The number of nitrogens with two attached hydrogens (primary N) is 1. The predicted molar refractivity (Wildman–Crippen MR) is 120 cm³/mol. The second-order valence-corrected chi connectivity index (χ2v) is 8.08. The molecule has 3 N–H and O–H groups in total. The van der Waals surface area contributed by atoms with E-state index in [4.69, 9.17) is 14.9 Å². The number of amides is 1. The SMILES string of the molecule is Cc1c(C(=O)Nc2ccc(F)c([C@]3(C(F)F)COCC(N)=N3)c2)oc2ccc(Br)cc12.Cl. The number of benzene rings is 2. The molecule has 0 aliphatic carbocycles. The lowest BCUT2D eigenvalue weighted by atomic mass is 9.90. The van der Waals surface area contributed by atoms with Gasteiger partial charge in [0, 0.05) is 26.7 Å². The average molecular weight is 533 g/mol. The molecule has 1 aromatic heterocycles. The minimum absolute atomic E-state index is 0. The number of hydrogen-bond donors (Lipinski definition) is 2. The van der Waals surface area contributed by atoms with Crippen LogP contribution in [0, 0.1) is 12.7 Å². The van der Waals surface area contributed by atoms with Crippen molar-refractivity contribution in [2.75, 3.05) is 18.5 Å². The molecular weight excluding hydrogens is 515 g/mol. The van der Waals surface area contributed by atoms with Crippen LogP contribution < -0.4 is 11.1 Å². The summed E-state index contributed by atoms with van der Waals surface area (Å²) in [6, 6.07) is 8.68. The van der Waals surface area contributed by atoms with Crippen LogP contribution in [0.3, 0.4) is 0 Å². The molecule has 2 heterocycles. The first-order valence-electron chi connectivity index (χ1n) is 9.21. The number of aliphatic imine (C=N–C) groups is 1. The number of carbonyl (C=O) groups is 1. The van der Waals surface area contributed by atoms with Crippen LogP contribution in [0.25, 0.3) is 11.0 Å². The van der Waals surface area contributed by atoms with Crippen molar-refractivity contribution in [2.24, 2.45) is 10.7 Å². The van der Waals surface area contributed by atoms with Crippen LogP contribution in [0.1, 0.15) is 21.7 Å². The van der Waals surface area contributed by atoms with Crippen LogP contribution in [-0.2, 0) is 10.3 Å². The Morgan fingerprint density at radius 2 is 2.03 bits per heavy atom. The minimum atomic E-state index is -3.08. The number of hydrogen-bond acceptors (Lipinski definition) is 5. The van der Waals surface area contributed by atoms with Gasteiger partial charge in [-0.25, -0.2) is 13.2 Å². The predicted octanol–water partition coefficient (Wildman–Crippen LogP) is 5.16. The second kappa shape index (κ2) is 9.13. The number of fused-ring (bicyclic) bond motifs is 1. The normalized spacial score (nSPS) is 18.4. The monoisotopic (exact) mass is 531 g/mol. The van der Waals surface area contributed by atoms with Crippen LogP contribution in [0.5, 0.6) is 0 Å². The zero-order valence-electron chi connectivity index (χ0n) is 16.6. The second-order valence-electron chi connectivity index (χ2n) is 7.17. The smallest absolute Gasteiger partial charge is 0.291 e. The van der Waals surface area contributed by atoms with Gasteiger partial charge in [-0.3, -0.25) is 9.79 Å². The van der Waals surface area contributed by atoms with Crippen molar-refractivity contribution in [3.63, 3.8) is 0 Å². The molecule has 1 atom stereocenters. The quantitative estimate of drug-likeness (QED) is 0.485. The first kappa shape index (κ1) is 24.1. The number of rotatable bonds is 4. The minimum Gasteiger partial charge on any atom is -0.451 e. The van der Waals surface area contributed by atoms with Crippen molar-refractivity contribution in [1.82, 2.24) is 0 Å². The van der Waals surface area contributed by atoms with Gasteiger partial charge in [0.25, 0.3) is 12.3 Å². The standard InChI is InChI=1S/C21H17BrF3N3O3.ClH/c1-10-13-6-11(22)2-5-16(13)31-18(10)19(29)27-12-3-4-15(23)14(7-12)21(20(24)25)9-30-8-17(26)28-21;/h2-7,20H,8-9H2,1H3,(H2,26,28)(H,27,29);1H/t21-;/m0./s1. The number of carbonyl (C=O) groups excluding carboxylic acids is 1. The van der Waals surface area contributed by atoms with E-state index in [1.165, 1.54) is 6.07 Å². The Balaban J connectivity index is 0.00000289. The topological polar surface area (TPSA) is 89.8 Å². The Bertz CT molecular complexity index is 1220. The van der Waals surface area contributed by atoms with Gasteiger partial charge >= 0.3 is 0 Å². The van der Waals surface area contributed by atoms with Gasteiger partial charge in [-0.15, -0.1) is 12.4 Å². The van der Waals surface area contributed by atoms with Gasteiger partial charge in [-0.05, 0) is 43.3 Å². The van der Waals surface area contributed by atoms with E-state index in [1.807, 2.05) is 6.07 Å². The largest absolute Gasteiger partial charge is 0.451 e. The molecule has 1 amide bonds. The number of amidine groups is 1. The number of halogens is 5. The lowest BCUT2D eigenvalue weighted by Gasteiger charge is -2.33. The van der Waals surface area contributed by atoms with Crippen LogP contribution >= 0.6 is 28.3 Å². The third kappa shape index (κ3) is 4.22. The van der Waals surface area contributed by atoms with Crippen molar-refractivity contribution in [3.05, 3.63) is 63.6 Å². The summed E-state index contributed by atoms with van der Waals surface area (Å²) in [5.41, 5.74) is 4.09.